The fraction of sp³-hybridized carbons (Fsp3) is 0.462. The van der Waals surface area contributed by atoms with Gasteiger partial charge in [-0.1, -0.05) is 16.9 Å². The summed E-state index contributed by atoms with van der Waals surface area (Å²) in [6.07, 6.45) is 2.34. The molecule has 3 aromatic heterocycles. The number of rotatable bonds is 6. The molecule has 0 amide bonds. The molecule has 8 nitrogen and oxygen atoms in total. The molecule has 0 aromatic carbocycles. The lowest BCUT2D eigenvalue weighted by Crippen LogP contribution is -2.16. The number of tetrazole rings is 1. The van der Waals surface area contributed by atoms with Gasteiger partial charge in [-0.25, -0.2) is 4.68 Å². The van der Waals surface area contributed by atoms with Crippen LogP contribution in [0.5, 0.6) is 0 Å². The second kappa shape index (κ2) is 7.30. The van der Waals surface area contributed by atoms with Crippen LogP contribution >= 0.6 is 39.0 Å². The molecule has 0 radical (unpaired) electrons. The topological polar surface area (TPSA) is 91.8 Å². The van der Waals surface area contributed by atoms with Gasteiger partial charge >= 0.3 is 0 Å². The van der Waals surface area contributed by atoms with E-state index in [1.807, 2.05) is 11.4 Å². The highest BCUT2D eigenvalue weighted by atomic mass is 79.9. The molecule has 0 N–H and O–H groups in total. The first-order valence-corrected chi connectivity index (χ1v) is 10.0. The fourth-order valence-corrected chi connectivity index (χ4v) is 4.44. The van der Waals surface area contributed by atoms with Gasteiger partial charge in [0.2, 0.25) is 16.9 Å². The van der Waals surface area contributed by atoms with Crippen molar-refractivity contribution in [3.63, 3.8) is 0 Å². The molecule has 1 atom stereocenters. The Morgan fingerprint density at radius 1 is 1.46 bits per heavy atom. The molecule has 4 rings (SSSR count). The summed E-state index contributed by atoms with van der Waals surface area (Å²) >= 11 is 6.46. The lowest BCUT2D eigenvalue weighted by Gasteiger charge is -2.09. The highest BCUT2D eigenvalue weighted by Crippen LogP contribution is 2.28. The molecule has 126 valence electrons. The molecular formula is C13H13BrN6O2S2. The second-order valence-corrected chi connectivity index (χ2v) is 7.98. The van der Waals surface area contributed by atoms with Crippen molar-refractivity contribution in [2.45, 2.75) is 36.4 Å². The van der Waals surface area contributed by atoms with Crippen molar-refractivity contribution < 1.29 is 9.26 Å². The van der Waals surface area contributed by atoms with E-state index in [0.717, 1.165) is 34.0 Å². The minimum atomic E-state index is 0.195. The van der Waals surface area contributed by atoms with Crippen LogP contribution in [0.25, 0.3) is 10.7 Å². The van der Waals surface area contributed by atoms with Crippen LogP contribution in [0.1, 0.15) is 18.7 Å². The normalized spacial score (nSPS) is 17.6. The summed E-state index contributed by atoms with van der Waals surface area (Å²) < 4.78 is 13.7. The quantitative estimate of drug-likeness (QED) is 0.553. The minimum absolute atomic E-state index is 0.195. The zero-order valence-electron chi connectivity index (χ0n) is 12.5. The Hall–Kier alpha value is -1.30. The van der Waals surface area contributed by atoms with Crippen molar-refractivity contribution >= 4 is 39.0 Å². The summed E-state index contributed by atoms with van der Waals surface area (Å²) in [7, 11) is 0. The van der Waals surface area contributed by atoms with E-state index in [1.165, 1.54) is 11.8 Å². The van der Waals surface area contributed by atoms with E-state index in [4.69, 9.17) is 9.26 Å². The van der Waals surface area contributed by atoms with Crippen LogP contribution in [0, 0.1) is 0 Å². The maximum Gasteiger partial charge on any atom is 0.237 e. The lowest BCUT2D eigenvalue weighted by molar-refractivity contribution is 0.0912. The Morgan fingerprint density at radius 2 is 2.42 bits per heavy atom. The number of aromatic nitrogens is 6. The van der Waals surface area contributed by atoms with E-state index in [-0.39, 0.29) is 6.10 Å². The molecule has 24 heavy (non-hydrogen) atoms. The molecule has 0 aliphatic carbocycles. The van der Waals surface area contributed by atoms with Gasteiger partial charge in [0.05, 0.1) is 23.3 Å². The Labute approximate surface area is 154 Å². The molecule has 1 aliphatic heterocycles. The highest BCUT2D eigenvalue weighted by Gasteiger charge is 2.19. The molecule has 3 aromatic rings. The lowest BCUT2D eigenvalue weighted by atomic mass is 10.2. The van der Waals surface area contributed by atoms with Crippen LogP contribution in [0.4, 0.5) is 0 Å². The van der Waals surface area contributed by atoms with Crippen molar-refractivity contribution in [2.75, 3.05) is 6.61 Å². The van der Waals surface area contributed by atoms with Crippen molar-refractivity contribution in [1.29, 1.82) is 0 Å². The van der Waals surface area contributed by atoms with Gasteiger partial charge in [-0.2, -0.15) is 4.98 Å². The van der Waals surface area contributed by atoms with Crippen LogP contribution < -0.4 is 0 Å². The van der Waals surface area contributed by atoms with Crippen molar-refractivity contribution in [3.05, 3.63) is 21.8 Å². The third-order valence-electron chi connectivity index (χ3n) is 3.48. The third kappa shape index (κ3) is 3.68. The van der Waals surface area contributed by atoms with Gasteiger partial charge in [0.25, 0.3) is 0 Å². The van der Waals surface area contributed by atoms with E-state index >= 15 is 0 Å². The summed E-state index contributed by atoms with van der Waals surface area (Å²) in [5.74, 6) is 1.66. The Kier molecular flexibility index (Phi) is 4.92. The fourth-order valence-electron chi connectivity index (χ4n) is 2.37. The maximum atomic E-state index is 5.63. The summed E-state index contributed by atoms with van der Waals surface area (Å²) in [5.41, 5.74) is 0. The first-order valence-electron chi connectivity index (χ1n) is 7.35. The average molecular weight is 429 g/mol. The zero-order valence-corrected chi connectivity index (χ0v) is 15.7. The zero-order chi connectivity index (χ0) is 16.4. The summed E-state index contributed by atoms with van der Waals surface area (Å²) in [6.45, 7) is 1.49. The summed E-state index contributed by atoms with van der Waals surface area (Å²) in [5, 5.41) is 18.6. The first-order chi connectivity index (χ1) is 11.8. The largest absolute Gasteiger partial charge is 0.376 e. The number of halogens is 1. The first kappa shape index (κ1) is 16.2. The predicted octanol–water partition coefficient (Wildman–Crippen LogP) is 3.02. The van der Waals surface area contributed by atoms with Crippen LogP contribution in [0.2, 0.25) is 0 Å². The predicted molar refractivity (Wildman–Crippen MR) is 91.7 cm³/mol. The standard InChI is InChI=1S/C13H13BrN6O2S2/c14-8-4-10(23-6-8)12-15-11(22-17-12)7-24-13-16-18-19-20(13)5-9-2-1-3-21-9/h4,6,9H,1-3,5,7H2. The van der Waals surface area contributed by atoms with E-state index in [9.17, 15) is 0 Å². The van der Waals surface area contributed by atoms with E-state index in [1.54, 1.807) is 16.0 Å². The van der Waals surface area contributed by atoms with Gasteiger partial charge < -0.3 is 9.26 Å². The number of nitrogens with zero attached hydrogens (tertiary/aromatic N) is 6. The molecule has 0 saturated carbocycles. The molecule has 1 aliphatic rings. The molecule has 4 heterocycles. The summed E-state index contributed by atoms with van der Waals surface area (Å²) in [6, 6.07) is 1.97. The van der Waals surface area contributed by atoms with Gasteiger partial charge in [-0.15, -0.1) is 16.4 Å². The number of thioether (sulfide) groups is 1. The number of ether oxygens (including phenoxy) is 1. The Bertz CT molecular complexity index is 813. The second-order valence-electron chi connectivity index (χ2n) is 5.21. The van der Waals surface area contributed by atoms with Crippen molar-refractivity contribution in [3.8, 4) is 10.7 Å². The summed E-state index contributed by atoms with van der Waals surface area (Å²) in [4.78, 5) is 5.38. The maximum absolute atomic E-state index is 5.63. The van der Waals surface area contributed by atoms with Crippen LogP contribution in [0.3, 0.4) is 0 Å². The van der Waals surface area contributed by atoms with Crippen molar-refractivity contribution in [1.82, 2.24) is 30.3 Å². The van der Waals surface area contributed by atoms with E-state index < -0.39 is 0 Å². The van der Waals surface area contributed by atoms with E-state index in [0.29, 0.717) is 24.0 Å². The monoisotopic (exact) mass is 428 g/mol. The Balaban J connectivity index is 1.39. The van der Waals surface area contributed by atoms with E-state index in [2.05, 4.69) is 41.6 Å². The molecular weight excluding hydrogens is 416 g/mol. The van der Waals surface area contributed by atoms with Crippen LogP contribution in [0.15, 0.2) is 25.6 Å². The van der Waals surface area contributed by atoms with Crippen LogP contribution in [-0.2, 0) is 17.0 Å². The Morgan fingerprint density at radius 3 is 3.21 bits per heavy atom. The highest BCUT2D eigenvalue weighted by molar-refractivity contribution is 9.10. The van der Waals surface area contributed by atoms with Crippen LogP contribution in [-0.4, -0.2) is 43.1 Å². The SMILES string of the molecule is Brc1csc(-c2noc(CSc3nnnn3CC3CCCO3)n2)c1. The molecule has 1 saturated heterocycles. The minimum Gasteiger partial charge on any atom is -0.376 e. The number of thiophene rings is 1. The van der Waals surface area contributed by atoms with Gasteiger partial charge in [-0.3, -0.25) is 0 Å². The number of hydrogen-bond acceptors (Lipinski definition) is 9. The average Bonchev–Trinajstić information content (AvgIpc) is 3.34. The molecule has 0 bridgehead atoms. The molecule has 1 unspecified atom stereocenters. The van der Waals surface area contributed by atoms with Gasteiger partial charge in [-0.05, 0) is 45.3 Å². The van der Waals surface area contributed by atoms with Gasteiger partial charge in [0, 0.05) is 16.5 Å². The van der Waals surface area contributed by atoms with Crippen molar-refractivity contribution in [2.24, 2.45) is 0 Å². The third-order valence-corrected chi connectivity index (χ3v) is 6.11. The smallest absolute Gasteiger partial charge is 0.237 e. The van der Waals surface area contributed by atoms with Gasteiger partial charge in [0.15, 0.2) is 0 Å². The molecule has 11 heteroatoms. The molecule has 1 fully saturated rings. The number of hydrogen-bond donors (Lipinski definition) is 0. The van der Waals surface area contributed by atoms with Gasteiger partial charge in [0.1, 0.15) is 0 Å². The molecule has 0 spiro atoms.